The van der Waals surface area contributed by atoms with Crippen LogP contribution in [0.4, 0.5) is 11.5 Å². The molecule has 0 spiro atoms. The third-order valence-electron chi connectivity index (χ3n) is 5.53. The maximum atomic E-state index is 10.8. The summed E-state index contributed by atoms with van der Waals surface area (Å²) in [7, 11) is 0. The first-order valence-electron chi connectivity index (χ1n) is 9.87. The van der Waals surface area contributed by atoms with Crippen LogP contribution in [-0.4, -0.2) is 15.1 Å². The average Bonchev–Trinajstić information content (AvgIpc) is 3.19. The Kier molecular flexibility index (Phi) is 5.32. The molecule has 2 heterocycles. The summed E-state index contributed by atoms with van der Waals surface area (Å²) in [6.45, 7) is 4.09. The predicted octanol–water partition coefficient (Wildman–Crippen LogP) is 4.37. The van der Waals surface area contributed by atoms with Crippen molar-refractivity contribution in [3.63, 3.8) is 0 Å². The van der Waals surface area contributed by atoms with Crippen molar-refractivity contribution in [1.29, 1.82) is 10.5 Å². The van der Waals surface area contributed by atoms with Crippen LogP contribution in [0.25, 0.3) is 10.9 Å². The quantitative estimate of drug-likeness (QED) is 0.407. The monoisotopic (exact) mass is 425 g/mol. The van der Waals surface area contributed by atoms with E-state index in [1.807, 2.05) is 32.0 Å². The van der Waals surface area contributed by atoms with E-state index in [9.17, 15) is 20.6 Å². The van der Waals surface area contributed by atoms with Crippen LogP contribution in [0.15, 0.2) is 65.0 Å². The van der Waals surface area contributed by atoms with Crippen LogP contribution < -0.4 is 10.6 Å². The Bertz CT molecular complexity index is 1330. The summed E-state index contributed by atoms with van der Waals surface area (Å²) < 4.78 is 0. The molecule has 0 amide bonds. The van der Waals surface area contributed by atoms with E-state index in [-0.39, 0.29) is 5.69 Å². The molecule has 0 atom stereocenters. The number of anilines is 1. The minimum absolute atomic E-state index is 0.0406. The van der Waals surface area contributed by atoms with Gasteiger partial charge in [0, 0.05) is 35.5 Å². The molecule has 32 heavy (non-hydrogen) atoms. The van der Waals surface area contributed by atoms with Crippen molar-refractivity contribution in [3.05, 3.63) is 86.2 Å². The van der Waals surface area contributed by atoms with Gasteiger partial charge < -0.3 is 10.6 Å². The van der Waals surface area contributed by atoms with Crippen molar-refractivity contribution >= 4 is 22.4 Å². The van der Waals surface area contributed by atoms with Crippen LogP contribution in [0.1, 0.15) is 30.9 Å². The maximum absolute atomic E-state index is 10.8. The fourth-order valence-corrected chi connectivity index (χ4v) is 3.89. The van der Waals surface area contributed by atoms with Crippen LogP contribution in [0, 0.1) is 32.8 Å². The number of aromatic nitrogens is 2. The van der Waals surface area contributed by atoms with Gasteiger partial charge in [0.2, 0.25) is 0 Å². The number of nitriles is 2. The number of dihydropyridines is 1. The van der Waals surface area contributed by atoms with E-state index in [0.29, 0.717) is 23.5 Å². The molecule has 0 fully saturated rings. The highest BCUT2D eigenvalue weighted by Crippen LogP contribution is 2.38. The van der Waals surface area contributed by atoms with Gasteiger partial charge in [0.1, 0.15) is 0 Å². The summed E-state index contributed by atoms with van der Waals surface area (Å²) in [6, 6.07) is 16.5. The zero-order valence-corrected chi connectivity index (χ0v) is 17.4. The second-order valence-electron chi connectivity index (χ2n) is 7.51. The van der Waals surface area contributed by atoms with Gasteiger partial charge in [-0.15, -0.1) is 0 Å². The number of H-pyrrole nitrogens is 1. The molecule has 0 saturated carbocycles. The molecule has 0 saturated heterocycles. The van der Waals surface area contributed by atoms with Crippen molar-refractivity contribution in [2.24, 2.45) is 0 Å². The van der Waals surface area contributed by atoms with Crippen LogP contribution in [0.5, 0.6) is 0 Å². The average molecular weight is 425 g/mol. The smallest absolute Gasteiger partial charge is 0.269 e. The van der Waals surface area contributed by atoms with Crippen LogP contribution in [-0.2, 0) is 6.54 Å². The number of nitro groups is 1. The minimum atomic E-state index is -0.451. The van der Waals surface area contributed by atoms with E-state index in [1.54, 1.807) is 12.1 Å². The molecule has 2 aromatic carbocycles. The number of allylic oxidation sites excluding steroid dienone is 4. The molecule has 0 unspecified atom stereocenters. The third-order valence-corrected chi connectivity index (χ3v) is 5.53. The molecule has 0 radical (unpaired) electrons. The number of nitrogens with zero attached hydrogens (tertiary/aromatic N) is 4. The first-order chi connectivity index (χ1) is 15.4. The van der Waals surface area contributed by atoms with Gasteiger partial charge in [-0.3, -0.25) is 15.2 Å². The highest BCUT2D eigenvalue weighted by atomic mass is 16.6. The molecule has 0 bridgehead atoms. The molecular formula is C23H19N7O2. The molecule has 1 aromatic heterocycles. The number of hydrogen-bond acceptors (Lipinski definition) is 7. The van der Waals surface area contributed by atoms with Crippen molar-refractivity contribution < 1.29 is 4.92 Å². The third kappa shape index (κ3) is 3.64. The highest BCUT2D eigenvalue weighted by Gasteiger charge is 2.29. The van der Waals surface area contributed by atoms with E-state index in [4.69, 9.17) is 0 Å². The number of hydrogen-bond donors (Lipinski definition) is 3. The first-order valence-corrected chi connectivity index (χ1v) is 9.87. The number of rotatable bonds is 5. The zero-order valence-electron chi connectivity index (χ0n) is 17.4. The lowest BCUT2D eigenvalue weighted by atomic mass is 9.81. The summed E-state index contributed by atoms with van der Waals surface area (Å²) in [6.07, 6.45) is 0. The molecular weight excluding hydrogens is 406 g/mol. The normalized spacial score (nSPS) is 14.1. The van der Waals surface area contributed by atoms with E-state index >= 15 is 0 Å². The Balaban J connectivity index is 1.67. The van der Waals surface area contributed by atoms with Crippen molar-refractivity contribution in [3.8, 4) is 12.1 Å². The van der Waals surface area contributed by atoms with Crippen molar-refractivity contribution in [2.75, 3.05) is 5.32 Å². The lowest BCUT2D eigenvalue weighted by Gasteiger charge is -2.26. The first kappa shape index (κ1) is 20.6. The minimum Gasteiger partial charge on any atom is -0.364 e. The molecule has 3 N–H and O–H groups in total. The van der Waals surface area contributed by atoms with Gasteiger partial charge >= 0.3 is 0 Å². The Morgan fingerprint density at radius 2 is 1.75 bits per heavy atom. The van der Waals surface area contributed by atoms with Crippen molar-refractivity contribution in [2.45, 2.75) is 26.3 Å². The topological polar surface area (TPSA) is 143 Å². The second kappa shape index (κ2) is 8.25. The number of benzene rings is 2. The number of fused-ring (bicyclic) bond motifs is 1. The molecule has 9 nitrogen and oxygen atoms in total. The molecule has 0 aliphatic carbocycles. The molecule has 4 rings (SSSR count). The van der Waals surface area contributed by atoms with Crippen molar-refractivity contribution in [1.82, 2.24) is 15.5 Å². The molecule has 1 aliphatic heterocycles. The lowest BCUT2D eigenvalue weighted by Crippen LogP contribution is -2.23. The molecule has 3 aromatic rings. The molecule has 9 heteroatoms. The zero-order chi connectivity index (χ0) is 22.8. The number of nitrogens with one attached hydrogen (secondary N) is 3. The summed E-state index contributed by atoms with van der Waals surface area (Å²) in [4.78, 5) is 10.4. The van der Waals surface area contributed by atoms with Gasteiger partial charge in [-0.05, 0) is 37.1 Å². The van der Waals surface area contributed by atoms with Crippen LogP contribution in [0.2, 0.25) is 0 Å². The van der Waals surface area contributed by atoms with E-state index < -0.39 is 10.8 Å². The van der Waals surface area contributed by atoms with E-state index in [2.05, 4.69) is 33.0 Å². The van der Waals surface area contributed by atoms with Crippen LogP contribution in [0.3, 0.4) is 0 Å². The number of non-ortho nitro benzene ring substituents is 1. The predicted molar refractivity (Wildman–Crippen MR) is 119 cm³/mol. The number of aromatic amines is 1. The highest BCUT2D eigenvalue weighted by molar-refractivity contribution is 5.90. The summed E-state index contributed by atoms with van der Waals surface area (Å²) >= 11 is 0. The second-order valence-corrected chi connectivity index (χ2v) is 7.51. The van der Waals surface area contributed by atoms with Gasteiger partial charge in [-0.2, -0.15) is 15.6 Å². The van der Waals surface area contributed by atoms with Gasteiger partial charge in [0.25, 0.3) is 5.69 Å². The fourth-order valence-electron chi connectivity index (χ4n) is 3.89. The molecule has 158 valence electrons. The number of nitro benzene ring substituents is 1. The Labute approximate surface area is 183 Å². The Hall–Kier alpha value is -4.63. The summed E-state index contributed by atoms with van der Waals surface area (Å²) in [5, 5.41) is 44.8. The summed E-state index contributed by atoms with van der Waals surface area (Å²) in [5.41, 5.74) is 5.04. The largest absolute Gasteiger partial charge is 0.364 e. The van der Waals surface area contributed by atoms with E-state index in [1.165, 1.54) is 12.1 Å². The van der Waals surface area contributed by atoms with Gasteiger partial charge in [0.15, 0.2) is 5.82 Å². The van der Waals surface area contributed by atoms with Gasteiger partial charge in [-0.1, -0.05) is 18.2 Å². The lowest BCUT2D eigenvalue weighted by molar-refractivity contribution is -0.384. The SMILES string of the molecule is CC1=C(C#N)C(c2ccc3[nH]nc(NCc4ccc([N+](=O)[O-])cc4)c3c2)C(C#N)=C(C)N1. The van der Waals surface area contributed by atoms with Crippen LogP contribution >= 0.6 is 0 Å². The Morgan fingerprint density at radius 3 is 2.34 bits per heavy atom. The van der Waals surface area contributed by atoms with Gasteiger partial charge in [-0.25, -0.2) is 0 Å². The molecule has 1 aliphatic rings. The summed E-state index contributed by atoms with van der Waals surface area (Å²) in [5.74, 6) is 0.167. The maximum Gasteiger partial charge on any atom is 0.269 e. The standard InChI is InChI=1S/C23H19N7O2/c1-13-19(10-24)22(20(11-25)14(2)27-13)16-5-8-21-18(9-16)23(29-28-21)26-12-15-3-6-17(7-4-15)30(31)32/h3-9,22,27H,12H2,1-2H3,(H2,26,28,29). The fraction of sp³-hybridized carbons (Fsp3) is 0.174. The Morgan fingerprint density at radius 1 is 1.09 bits per heavy atom. The van der Waals surface area contributed by atoms with E-state index in [0.717, 1.165) is 33.4 Å². The van der Waals surface area contributed by atoms with Gasteiger partial charge in [0.05, 0.1) is 39.6 Å².